The van der Waals surface area contributed by atoms with Gasteiger partial charge in [-0.15, -0.1) is 0 Å². The Morgan fingerprint density at radius 1 is 0.538 bits per heavy atom. The molecule has 1 unspecified atom stereocenters. The highest BCUT2D eigenvalue weighted by Gasteiger charge is 2.35. The van der Waals surface area contributed by atoms with Crippen molar-refractivity contribution in [2.24, 2.45) is 23.3 Å². The molecule has 2 aromatic carbocycles. The molecule has 0 spiro atoms. The lowest BCUT2D eigenvalue weighted by atomic mass is 10.0. The number of hydrogen-bond donors (Lipinski definition) is 17. The first-order valence-electron chi connectivity index (χ1n) is 34.5. The van der Waals surface area contributed by atoms with Crippen molar-refractivity contribution in [3.8, 4) is 0 Å². The monoisotopic (exact) mass is 1500 g/mol. The number of rotatable bonds is 41. The number of aromatic amines is 2. The molecule has 106 heavy (non-hydrogen) atoms. The lowest BCUT2D eigenvalue weighted by Crippen LogP contribution is -2.59. The van der Waals surface area contributed by atoms with Crippen LogP contribution < -0.4 is 64.6 Å². The Kier molecular flexibility index (Phi) is 35.4. The first kappa shape index (κ1) is 86.1. The molecule has 38 heteroatoms. The van der Waals surface area contributed by atoms with Gasteiger partial charge >= 0.3 is 17.9 Å². The molecular formula is C68H99N19O18S. The summed E-state index contributed by atoms with van der Waals surface area (Å²) in [7, 11) is 0. The van der Waals surface area contributed by atoms with E-state index in [0.717, 1.165) is 0 Å². The molecule has 2 aromatic heterocycles. The molecule has 5 rings (SSSR count). The van der Waals surface area contributed by atoms with Crippen molar-refractivity contribution in [1.29, 1.82) is 0 Å². The van der Waals surface area contributed by atoms with Gasteiger partial charge in [0, 0.05) is 106 Å². The Balaban J connectivity index is 1.22. The molecule has 1 aliphatic heterocycles. The average molecular weight is 1500 g/mol. The van der Waals surface area contributed by atoms with Crippen molar-refractivity contribution < 1.29 is 87.2 Å². The topological polar surface area (TPSA) is 547 Å². The van der Waals surface area contributed by atoms with Gasteiger partial charge in [0.1, 0.15) is 42.3 Å². The number of carboxylic acid groups (broad SMARTS) is 3. The summed E-state index contributed by atoms with van der Waals surface area (Å²) in [4.78, 5) is 214. The quantitative estimate of drug-likeness (QED) is 0.0203. The fourth-order valence-electron chi connectivity index (χ4n) is 11.2. The van der Waals surface area contributed by atoms with Crippen LogP contribution in [0.5, 0.6) is 0 Å². The number of nitrogens with zero attached hydrogens (tertiary/aromatic N) is 5. The molecular weight excluding hydrogens is 1400 g/mol. The fourth-order valence-corrected chi connectivity index (χ4v) is 11.7. The van der Waals surface area contributed by atoms with Crippen LogP contribution in [0.1, 0.15) is 81.9 Å². The standard InChI is InChI=1S/C68H99N19O18S/c1-39(2)27-50(66(103)79-48(61(70)98)17-26-106-6)81-67(104)52(29-45-31-71-38-75-45)78-55(90)33-74-68(105)60(40(3)4)83-62(99)41(5)76-65(102)51(28-43-30-72-47-10-8-7-9-46(43)47)82-64(101)49(15-16-53(69)88)80-63(100)42-11-13-44(14-12-42)77-54(89)32-73-56(91)34-84-18-20-85(35-57(92)93)22-24-87(37-59(96)97)25-23-86(21-19-84)36-58(94)95/h7-14,30-31,38-41,48-52,60,72H,15-29,32-37H2,1-6H3,(H2,69,88)(H2,70,98)(H,71,75)(H,73,91)(H,74,105)(H,76,102)(H,77,89)(H,78,90)(H,79,103)(H,80,100)(H,81,104)(H,82,101)(H,83,99)(H,92,93)(H,94,95)(H,96,97)/t41-,48-,49?,50-,51-,52-,60-/m0/s1. The van der Waals surface area contributed by atoms with Gasteiger partial charge in [-0.25, -0.2) is 4.98 Å². The molecule has 0 radical (unpaired) electrons. The summed E-state index contributed by atoms with van der Waals surface area (Å²) in [6.07, 6.45) is 5.64. The Bertz CT molecular complexity index is 3660. The largest absolute Gasteiger partial charge is 0.480 e. The number of carbonyl (C=O) groups excluding carboxylic acids is 12. The molecule has 1 aliphatic rings. The number of H-pyrrole nitrogens is 2. The summed E-state index contributed by atoms with van der Waals surface area (Å²) in [5.74, 6) is -13.0. The lowest BCUT2D eigenvalue weighted by Gasteiger charge is -2.32. The van der Waals surface area contributed by atoms with Gasteiger partial charge in [-0.1, -0.05) is 45.9 Å². The molecule has 0 aliphatic carbocycles. The van der Waals surface area contributed by atoms with Crippen LogP contribution in [0.2, 0.25) is 0 Å². The predicted molar refractivity (Wildman–Crippen MR) is 387 cm³/mol. The van der Waals surface area contributed by atoms with Crippen molar-refractivity contribution in [2.45, 2.75) is 115 Å². The number of nitrogens with one attached hydrogen (secondary N) is 12. The second kappa shape index (κ2) is 43.6. The molecule has 4 aromatic rings. The maximum Gasteiger partial charge on any atom is 0.317 e. The Morgan fingerprint density at radius 2 is 1.07 bits per heavy atom. The molecule has 19 N–H and O–H groups in total. The number of hydrogen-bond acceptors (Lipinski definition) is 21. The van der Waals surface area contributed by atoms with E-state index in [1.54, 1.807) is 63.9 Å². The summed E-state index contributed by atoms with van der Waals surface area (Å²) in [6, 6.07) is 3.31. The van der Waals surface area contributed by atoms with E-state index in [0.29, 0.717) is 27.9 Å². The van der Waals surface area contributed by atoms with Gasteiger partial charge < -0.3 is 89.9 Å². The molecule has 0 saturated carbocycles. The number of benzene rings is 2. The maximum atomic E-state index is 14.5. The number of thioether (sulfide) groups is 1. The molecule has 1 saturated heterocycles. The minimum absolute atomic E-state index is 0.0232. The molecule has 1 fully saturated rings. The van der Waals surface area contributed by atoms with Gasteiger partial charge in [0.15, 0.2) is 0 Å². The number of nitrogens with two attached hydrogens (primary N) is 2. The van der Waals surface area contributed by atoms with Gasteiger partial charge in [0.2, 0.25) is 65.0 Å². The number of aromatic nitrogens is 3. The second-order valence-corrected chi connectivity index (χ2v) is 27.3. The van der Waals surface area contributed by atoms with Crippen molar-refractivity contribution >= 4 is 117 Å². The SMILES string of the molecule is CSCC[C@H](NC(=O)[C@H](CC(C)C)NC(=O)[C@H](Cc1c[nH]cn1)NC(=O)CNC(=O)[C@@H](NC(=O)[C@H](C)NC(=O)[C@H](Cc1c[nH]c2ccccc12)NC(=O)C(CCC(N)=O)NC(=O)c1ccc(NC(=O)CNC(=O)CN2CCN(CC(=O)O)CCN(CC(=O)O)CCN(CC(=O)O)CC2)cc1)C(C)C)C(N)=O. The van der Waals surface area contributed by atoms with E-state index in [9.17, 15) is 87.2 Å². The van der Waals surface area contributed by atoms with Crippen molar-refractivity contribution in [1.82, 2.24) is 82.4 Å². The minimum atomic E-state index is -1.50. The number of para-hydroxylation sites is 1. The van der Waals surface area contributed by atoms with E-state index in [-0.39, 0.29) is 128 Å². The average Bonchev–Trinajstić information content (AvgIpc) is 1.68. The van der Waals surface area contributed by atoms with Crippen LogP contribution in [0.25, 0.3) is 10.9 Å². The van der Waals surface area contributed by atoms with Crippen LogP contribution in [0.3, 0.4) is 0 Å². The van der Waals surface area contributed by atoms with Crippen LogP contribution >= 0.6 is 11.8 Å². The third kappa shape index (κ3) is 30.6. The lowest BCUT2D eigenvalue weighted by molar-refractivity contribution is -0.140. The minimum Gasteiger partial charge on any atom is -0.480 e. The van der Waals surface area contributed by atoms with Crippen molar-refractivity contribution in [3.05, 3.63) is 84.1 Å². The van der Waals surface area contributed by atoms with Crippen molar-refractivity contribution in [3.63, 3.8) is 0 Å². The van der Waals surface area contributed by atoms with E-state index in [1.165, 1.54) is 55.5 Å². The van der Waals surface area contributed by atoms with Crippen molar-refractivity contribution in [2.75, 3.05) is 109 Å². The summed E-state index contributed by atoms with van der Waals surface area (Å²) in [5.41, 5.74) is 12.8. The van der Waals surface area contributed by atoms with E-state index < -0.39 is 157 Å². The van der Waals surface area contributed by atoms with Crippen LogP contribution in [0.4, 0.5) is 5.69 Å². The van der Waals surface area contributed by atoms with Crippen LogP contribution in [0, 0.1) is 11.8 Å². The number of aliphatic carboxylic acids is 3. The second-order valence-electron chi connectivity index (χ2n) is 26.3. The molecule has 12 amide bonds. The summed E-state index contributed by atoms with van der Waals surface area (Å²) < 4.78 is 0. The third-order valence-corrected chi connectivity index (χ3v) is 17.6. The number of amides is 12. The van der Waals surface area contributed by atoms with E-state index in [4.69, 9.17) is 11.5 Å². The highest BCUT2D eigenvalue weighted by molar-refractivity contribution is 7.98. The maximum absolute atomic E-state index is 14.5. The van der Waals surface area contributed by atoms with E-state index >= 15 is 0 Å². The zero-order valence-electron chi connectivity index (χ0n) is 60.2. The molecule has 7 atom stereocenters. The van der Waals surface area contributed by atoms with Gasteiger partial charge in [0.05, 0.1) is 51.3 Å². The smallest absolute Gasteiger partial charge is 0.317 e. The molecule has 0 bridgehead atoms. The summed E-state index contributed by atoms with van der Waals surface area (Å²) >= 11 is 1.45. The van der Waals surface area contributed by atoms with Crippen LogP contribution in [-0.4, -0.2) is 285 Å². The molecule has 3 heterocycles. The fraction of sp³-hybridized carbons (Fsp3) is 0.529. The molecule has 580 valence electrons. The van der Waals surface area contributed by atoms with Gasteiger partial charge in [-0.2, -0.15) is 11.8 Å². The first-order chi connectivity index (χ1) is 50.3. The molecule has 37 nitrogen and oxygen atoms in total. The number of imidazole rings is 1. The third-order valence-electron chi connectivity index (χ3n) is 16.9. The zero-order chi connectivity index (χ0) is 78.2. The Labute approximate surface area is 616 Å². The number of primary amides is 2. The van der Waals surface area contributed by atoms with E-state index in [1.807, 2.05) is 20.1 Å². The highest BCUT2D eigenvalue weighted by Crippen LogP contribution is 2.20. The van der Waals surface area contributed by atoms with Gasteiger partial charge in [-0.05, 0) is 85.9 Å². The van der Waals surface area contributed by atoms with E-state index in [2.05, 4.69) is 68.1 Å². The van der Waals surface area contributed by atoms with Crippen LogP contribution in [-0.2, 0) is 80.0 Å². The Hall–Kier alpha value is -10.6. The summed E-state index contributed by atoms with van der Waals surface area (Å²) in [6.45, 7) is 7.03. The highest BCUT2D eigenvalue weighted by atomic mass is 32.2. The Morgan fingerprint density at radius 3 is 1.60 bits per heavy atom. The normalized spacial score (nSPS) is 15.4. The predicted octanol–water partition coefficient (Wildman–Crippen LogP) is -3.74. The number of carboxylic acids is 3. The zero-order valence-corrected chi connectivity index (χ0v) is 61.0. The van der Waals surface area contributed by atoms with Crippen LogP contribution in [0.15, 0.2) is 67.3 Å². The van der Waals surface area contributed by atoms with Gasteiger partial charge in [-0.3, -0.25) is 91.5 Å². The number of fused-ring (bicyclic) bond motifs is 1. The summed E-state index contributed by atoms with van der Waals surface area (Å²) in [5, 5.41) is 55.2. The first-order valence-corrected chi connectivity index (χ1v) is 35.9. The van der Waals surface area contributed by atoms with Gasteiger partial charge in [0.25, 0.3) is 5.91 Å². The number of carbonyl (C=O) groups is 15. The number of anilines is 1.